The van der Waals surface area contributed by atoms with Gasteiger partial charge in [0.05, 0.1) is 29.6 Å². The van der Waals surface area contributed by atoms with E-state index in [-0.39, 0.29) is 34.0 Å². The van der Waals surface area contributed by atoms with Gasteiger partial charge in [0.15, 0.2) is 6.29 Å². The Morgan fingerprint density at radius 1 is 0.935 bits per heavy atom. The van der Waals surface area contributed by atoms with E-state index in [1.54, 1.807) is 6.92 Å². The Balaban J connectivity index is 1.34. The second-order valence-corrected chi connectivity index (χ2v) is 17.7. The minimum Gasteiger partial charge on any atom is -0.481 e. The first-order valence-electron chi connectivity index (χ1n) is 17.4. The summed E-state index contributed by atoms with van der Waals surface area (Å²) in [6.45, 7) is 12.6. The number of aliphatic hydroxyl groups excluding tert-OH is 5. The Hall–Kier alpha value is -1.40. The van der Waals surface area contributed by atoms with Crippen molar-refractivity contribution >= 4 is 12.3 Å². The summed E-state index contributed by atoms with van der Waals surface area (Å²) in [5.74, 6) is -0.711. The van der Waals surface area contributed by atoms with Crippen molar-refractivity contribution in [1.29, 1.82) is 0 Å². The van der Waals surface area contributed by atoms with E-state index in [9.17, 15) is 40.2 Å². The molecule has 1 saturated heterocycles. The fraction of sp³-hybridized carbons (Fsp3) is 0.889. The molecule has 0 aromatic carbocycles. The summed E-state index contributed by atoms with van der Waals surface area (Å²) in [4.78, 5) is 26.1. The van der Waals surface area contributed by atoms with Crippen molar-refractivity contribution in [1.82, 2.24) is 0 Å². The molecule has 10 nitrogen and oxygen atoms in total. The number of fused-ring (bicyclic) bond motifs is 7. The molecule has 5 aliphatic carbocycles. The Kier molecular flexibility index (Phi) is 8.28. The number of hydrogen-bond donors (Lipinski definition) is 6. The second-order valence-electron chi connectivity index (χ2n) is 17.7. The van der Waals surface area contributed by atoms with Crippen molar-refractivity contribution in [3.8, 4) is 0 Å². The molecule has 1 aliphatic heterocycles. The number of carboxylic acids is 1. The van der Waals surface area contributed by atoms with Crippen LogP contribution >= 0.6 is 0 Å². The number of aliphatic hydroxyl groups is 5. The first-order chi connectivity index (χ1) is 21.3. The van der Waals surface area contributed by atoms with E-state index in [4.69, 9.17) is 9.47 Å². The summed E-state index contributed by atoms with van der Waals surface area (Å²) in [5.41, 5.74) is -1.34. The second kappa shape index (κ2) is 11.1. The minimum atomic E-state index is -1.64. The summed E-state index contributed by atoms with van der Waals surface area (Å²) in [5, 5.41) is 63.4. The molecule has 6 aliphatic rings. The highest BCUT2D eigenvalue weighted by Crippen LogP contribution is 2.75. The van der Waals surface area contributed by atoms with Crippen LogP contribution in [0, 0.1) is 50.2 Å². The molecule has 0 aromatic heterocycles. The van der Waals surface area contributed by atoms with E-state index in [1.165, 1.54) is 5.57 Å². The molecule has 4 saturated carbocycles. The first-order valence-corrected chi connectivity index (χ1v) is 17.4. The van der Waals surface area contributed by atoms with Crippen LogP contribution in [0.3, 0.4) is 0 Å². The first kappa shape index (κ1) is 34.5. The van der Waals surface area contributed by atoms with Gasteiger partial charge in [0.1, 0.15) is 30.7 Å². The maximum absolute atomic E-state index is 13.2. The van der Waals surface area contributed by atoms with Gasteiger partial charge in [-0.2, -0.15) is 0 Å². The SMILES string of the molecule is CC1(C)CCC2(C(=O)O)CCC3(C)C(=CCC4C5(C)CC(O)C(OC6OC(CO)C(O)C(O)C6O)C(C)(C=O)C5CCC43C)C2C1. The van der Waals surface area contributed by atoms with Gasteiger partial charge >= 0.3 is 5.97 Å². The van der Waals surface area contributed by atoms with Crippen LogP contribution in [-0.2, 0) is 19.1 Å². The molecule has 6 rings (SSSR count). The van der Waals surface area contributed by atoms with E-state index in [0.29, 0.717) is 25.7 Å². The van der Waals surface area contributed by atoms with Crippen molar-refractivity contribution in [2.75, 3.05) is 6.61 Å². The monoisotopic (exact) mass is 648 g/mol. The summed E-state index contributed by atoms with van der Waals surface area (Å²) >= 11 is 0. The van der Waals surface area contributed by atoms with E-state index in [2.05, 4.69) is 40.7 Å². The average molecular weight is 649 g/mol. The number of carbonyl (C=O) groups excluding carboxylic acids is 1. The lowest BCUT2D eigenvalue weighted by molar-refractivity contribution is -0.338. The smallest absolute Gasteiger partial charge is 0.310 e. The van der Waals surface area contributed by atoms with Gasteiger partial charge in [0.25, 0.3) is 0 Å². The maximum atomic E-state index is 13.2. The summed E-state index contributed by atoms with van der Waals surface area (Å²) in [7, 11) is 0. The van der Waals surface area contributed by atoms with Crippen LogP contribution in [0.5, 0.6) is 0 Å². The third-order valence-corrected chi connectivity index (χ3v) is 15.1. The number of aliphatic carboxylic acids is 1. The molecule has 260 valence electrons. The molecule has 15 unspecified atom stereocenters. The third-order valence-electron chi connectivity index (χ3n) is 15.1. The highest BCUT2D eigenvalue weighted by Gasteiger charge is 2.71. The normalized spacial score (nSPS) is 54.7. The van der Waals surface area contributed by atoms with Crippen LogP contribution in [0.1, 0.15) is 99.3 Å². The van der Waals surface area contributed by atoms with Crippen LogP contribution in [0.2, 0.25) is 0 Å². The molecule has 6 N–H and O–H groups in total. The van der Waals surface area contributed by atoms with Crippen molar-refractivity contribution in [3.63, 3.8) is 0 Å². The summed E-state index contributed by atoms with van der Waals surface area (Å²) in [6.07, 6.45) is 0.241. The molecule has 0 aromatic rings. The summed E-state index contributed by atoms with van der Waals surface area (Å²) < 4.78 is 11.8. The lowest BCUT2D eigenvalue weighted by Gasteiger charge is -2.71. The van der Waals surface area contributed by atoms with E-state index < -0.39 is 71.7 Å². The number of hydrogen-bond acceptors (Lipinski definition) is 9. The van der Waals surface area contributed by atoms with Crippen molar-refractivity contribution in [2.24, 2.45) is 50.2 Å². The molecule has 0 bridgehead atoms. The van der Waals surface area contributed by atoms with Crippen molar-refractivity contribution in [3.05, 3.63) is 11.6 Å². The molecule has 46 heavy (non-hydrogen) atoms. The van der Waals surface area contributed by atoms with Gasteiger partial charge in [-0.1, -0.05) is 53.2 Å². The van der Waals surface area contributed by atoms with E-state index in [1.807, 2.05) is 0 Å². The lowest BCUT2D eigenvalue weighted by atomic mass is 9.33. The van der Waals surface area contributed by atoms with Crippen molar-refractivity contribution < 1.29 is 49.7 Å². The zero-order valence-electron chi connectivity index (χ0n) is 28.3. The Morgan fingerprint density at radius 3 is 2.24 bits per heavy atom. The fourth-order valence-electron chi connectivity index (χ4n) is 12.2. The molecule has 10 heteroatoms. The number of carboxylic acid groups (broad SMARTS) is 1. The van der Waals surface area contributed by atoms with E-state index >= 15 is 0 Å². The predicted molar refractivity (Wildman–Crippen MR) is 167 cm³/mol. The molecule has 1 heterocycles. The molecule has 0 amide bonds. The minimum absolute atomic E-state index is 0.00990. The number of allylic oxidation sites excluding steroid dienone is 2. The molecule has 0 spiro atoms. The number of ether oxygens (including phenoxy) is 2. The zero-order valence-corrected chi connectivity index (χ0v) is 28.3. The van der Waals surface area contributed by atoms with E-state index in [0.717, 1.165) is 38.4 Å². The molecular formula is C36H56O10. The largest absolute Gasteiger partial charge is 0.481 e. The zero-order chi connectivity index (χ0) is 33.8. The van der Waals surface area contributed by atoms with Crippen LogP contribution in [0.15, 0.2) is 11.6 Å². The van der Waals surface area contributed by atoms with Crippen LogP contribution in [-0.4, -0.2) is 92.4 Å². The van der Waals surface area contributed by atoms with Crippen molar-refractivity contribution in [2.45, 2.75) is 142 Å². The summed E-state index contributed by atoms with van der Waals surface area (Å²) in [6, 6.07) is 0. The highest BCUT2D eigenvalue weighted by atomic mass is 16.7. The van der Waals surface area contributed by atoms with Gasteiger partial charge in [0, 0.05) is 0 Å². The van der Waals surface area contributed by atoms with Gasteiger partial charge in [-0.25, -0.2) is 0 Å². The maximum Gasteiger partial charge on any atom is 0.310 e. The molecule has 15 atom stereocenters. The lowest BCUT2D eigenvalue weighted by Crippen LogP contribution is -2.69. The van der Waals surface area contributed by atoms with Gasteiger partial charge in [-0.05, 0) is 97.2 Å². The molecule has 0 radical (unpaired) electrons. The van der Waals surface area contributed by atoms with Crippen LogP contribution < -0.4 is 0 Å². The predicted octanol–water partition coefficient (Wildman–Crippen LogP) is 3.21. The number of carbonyl (C=O) groups is 2. The van der Waals surface area contributed by atoms with Gasteiger partial charge in [0.2, 0.25) is 0 Å². The fourth-order valence-corrected chi connectivity index (χ4v) is 12.2. The Morgan fingerprint density at radius 2 is 1.61 bits per heavy atom. The third kappa shape index (κ3) is 4.53. The van der Waals surface area contributed by atoms with Crippen LogP contribution in [0.4, 0.5) is 0 Å². The average Bonchev–Trinajstić information content (AvgIpc) is 2.98. The standard InChI is InChI=1S/C36H56O10/c1-31(2)11-13-36(30(43)44)14-12-34(5)19(20(36)15-31)7-8-24-32(3)16-21(39)28(33(4,18-38)23(32)9-10-35(24,34)6)46-29-27(42)26(41)25(40)22(17-37)45-29/h7,18,20-29,37,39-42H,8-17H2,1-6H3,(H,43,44). The van der Waals surface area contributed by atoms with Gasteiger partial charge in [-0.3, -0.25) is 4.79 Å². The number of rotatable bonds is 5. The number of aldehydes is 1. The van der Waals surface area contributed by atoms with Gasteiger partial charge < -0.3 is 44.9 Å². The Labute approximate surface area is 272 Å². The Bertz CT molecular complexity index is 1270. The van der Waals surface area contributed by atoms with Crippen LogP contribution in [0.25, 0.3) is 0 Å². The molecule has 5 fully saturated rings. The van der Waals surface area contributed by atoms with Gasteiger partial charge in [-0.15, -0.1) is 0 Å². The topological polar surface area (TPSA) is 174 Å². The highest BCUT2D eigenvalue weighted by molar-refractivity contribution is 5.76. The molecular weight excluding hydrogens is 592 g/mol. The quantitative estimate of drug-likeness (QED) is 0.148.